The number of likely N-dealkylation sites (N-methyl/N-ethyl adjacent to an activating group) is 1. The predicted octanol–water partition coefficient (Wildman–Crippen LogP) is 5.22. The Morgan fingerprint density at radius 1 is 1.12 bits per heavy atom. The molecule has 4 rings (SSSR count). The normalized spacial score (nSPS) is 15.2. The number of hydrogen-bond donors (Lipinski definition) is 1. The smallest absolute Gasteiger partial charge is 0.230 e. The first kappa shape index (κ1) is 23.8. The molecule has 174 valence electrons. The van der Waals surface area contributed by atoms with Crippen molar-refractivity contribution in [2.24, 2.45) is 0 Å². The van der Waals surface area contributed by atoms with E-state index >= 15 is 0 Å². The zero-order chi connectivity index (χ0) is 23.2. The van der Waals surface area contributed by atoms with Gasteiger partial charge in [-0.25, -0.2) is 0 Å². The van der Waals surface area contributed by atoms with Crippen LogP contribution in [-0.4, -0.2) is 52.0 Å². The summed E-state index contributed by atoms with van der Waals surface area (Å²) in [5, 5.41) is 13.5. The summed E-state index contributed by atoms with van der Waals surface area (Å²) in [6.07, 6.45) is 4.58. The molecule has 1 atom stereocenters. The molecule has 1 aromatic heterocycles. The number of carbonyl (C=O) groups is 1. The second kappa shape index (κ2) is 11.2. The summed E-state index contributed by atoms with van der Waals surface area (Å²) in [5.74, 6) is 1.07. The van der Waals surface area contributed by atoms with Gasteiger partial charge in [-0.3, -0.25) is 9.36 Å². The van der Waals surface area contributed by atoms with E-state index in [4.69, 9.17) is 11.6 Å². The van der Waals surface area contributed by atoms with E-state index in [-0.39, 0.29) is 11.9 Å². The molecule has 1 saturated carbocycles. The Bertz CT molecular complexity index is 1070. The monoisotopic (exact) mass is 483 g/mol. The number of carbonyl (C=O) groups excluding carboxylic acids is 1. The molecule has 0 bridgehead atoms. The highest BCUT2D eigenvalue weighted by atomic mass is 35.5. The molecule has 6 nitrogen and oxygen atoms in total. The van der Waals surface area contributed by atoms with Crippen LogP contribution in [0.15, 0.2) is 59.8 Å². The minimum atomic E-state index is -0.0111. The van der Waals surface area contributed by atoms with Crippen LogP contribution in [0.1, 0.15) is 43.3 Å². The maximum absolute atomic E-state index is 12.7. The Labute approximate surface area is 204 Å². The van der Waals surface area contributed by atoms with Crippen molar-refractivity contribution in [2.45, 2.75) is 42.9 Å². The minimum Gasteiger partial charge on any atom is -0.353 e. The second-order valence-electron chi connectivity index (χ2n) is 8.58. The van der Waals surface area contributed by atoms with E-state index < -0.39 is 0 Å². The summed E-state index contributed by atoms with van der Waals surface area (Å²) in [6.45, 7) is 0.552. The fourth-order valence-corrected chi connectivity index (χ4v) is 5.41. The van der Waals surface area contributed by atoms with Gasteiger partial charge in [-0.15, -0.1) is 10.2 Å². The lowest BCUT2D eigenvalue weighted by Gasteiger charge is -2.25. The van der Waals surface area contributed by atoms with E-state index in [0.717, 1.165) is 29.4 Å². The molecule has 1 heterocycles. The molecule has 1 fully saturated rings. The lowest BCUT2D eigenvalue weighted by atomic mass is 10.1. The molecule has 1 aliphatic rings. The van der Waals surface area contributed by atoms with Crippen molar-refractivity contribution >= 4 is 29.3 Å². The van der Waals surface area contributed by atoms with E-state index in [0.29, 0.717) is 23.4 Å². The van der Waals surface area contributed by atoms with Gasteiger partial charge < -0.3 is 10.2 Å². The van der Waals surface area contributed by atoms with Crippen molar-refractivity contribution in [3.63, 3.8) is 0 Å². The van der Waals surface area contributed by atoms with Crippen molar-refractivity contribution in [2.75, 3.05) is 26.4 Å². The van der Waals surface area contributed by atoms with E-state index in [2.05, 4.69) is 37.1 Å². The van der Waals surface area contributed by atoms with Crippen LogP contribution in [0.4, 0.5) is 0 Å². The van der Waals surface area contributed by atoms with Gasteiger partial charge in [-0.1, -0.05) is 78.7 Å². The third kappa shape index (κ3) is 5.78. The van der Waals surface area contributed by atoms with Crippen molar-refractivity contribution < 1.29 is 4.79 Å². The van der Waals surface area contributed by atoms with Gasteiger partial charge in [0, 0.05) is 18.2 Å². The van der Waals surface area contributed by atoms with Gasteiger partial charge in [0.15, 0.2) is 11.0 Å². The van der Waals surface area contributed by atoms with Crippen molar-refractivity contribution in [3.8, 4) is 11.4 Å². The maximum Gasteiger partial charge on any atom is 0.230 e. The largest absolute Gasteiger partial charge is 0.353 e. The minimum absolute atomic E-state index is 0.0111. The Morgan fingerprint density at radius 3 is 2.52 bits per heavy atom. The van der Waals surface area contributed by atoms with Crippen LogP contribution in [-0.2, 0) is 4.79 Å². The molecule has 8 heteroatoms. The number of aromatic nitrogens is 3. The van der Waals surface area contributed by atoms with Crippen LogP contribution in [0.25, 0.3) is 11.4 Å². The number of nitrogens with zero attached hydrogens (tertiary/aromatic N) is 4. The molecule has 3 aromatic rings. The first-order valence-electron chi connectivity index (χ1n) is 11.3. The summed E-state index contributed by atoms with van der Waals surface area (Å²) in [4.78, 5) is 14.8. The Morgan fingerprint density at radius 2 is 1.82 bits per heavy atom. The zero-order valence-electron chi connectivity index (χ0n) is 19.1. The number of halogens is 1. The fraction of sp³-hybridized carbons (Fsp3) is 0.400. The SMILES string of the molecule is CN(C)[C@@H](CNC(=O)CSc1nnc(-c2ccccc2Cl)n1C1CCCC1)c1ccccc1. The van der Waals surface area contributed by atoms with E-state index in [1.807, 2.05) is 56.6 Å². The quantitative estimate of drug-likeness (QED) is 0.422. The third-order valence-electron chi connectivity index (χ3n) is 6.10. The van der Waals surface area contributed by atoms with E-state index in [9.17, 15) is 4.79 Å². The zero-order valence-corrected chi connectivity index (χ0v) is 20.6. The number of nitrogens with one attached hydrogen (secondary N) is 1. The average molecular weight is 484 g/mol. The number of benzene rings is 2. The summed E-state index contributed by atoms with van der Waals surface area (Å²) in [5.41, 5.74) is 2.06. The summed E-state index contributed by atoms with van der Waals surface area (Å²) < 4.78 is 2.19. The highest BCUT2D eigenvalue weighted by Gasteiger charge is 2.26. The van der Waals surface area contributed by atoms with Gasteiger partial charge in [0.25, 0.3) is 0 Å². The first-order valence-corrected chi connectivity index (χ1v) is 12.7. The fourth-order valence-electron chi connectivity index (χ4n) is 4.36. The highest BCUT2D eigenvalue weighted by molar-refractivity contribution is 7.99. The lowest BCUT2D eigenvalue weighted by molar-refractivity contribution is -0.118. The second-order valence-corrected chi connectivity index (χ2v) is 9.93. The molecular weight excluding hydrogens is 454 g/mol. The Hall–Kier alpha value is -2.35. The van der Waals surface area contributed by atoms with E-state index in [1.165, 1.54) is 30.2 Å². The van der Waals surface area contributed by atoms with Crippen molar-refractivity contribution in [1.82, 2.24) is 25.0 Å². The molecule has 33 heavy (non-hydrogen) atoms. The van der Waals surface area contributed by atoms with Crippen LogP contribution < -0.4 is 5.32 Å². The summed E-state index contributed by atoms with van der Waals surface area (Å²) in [7, 11) is 4.05. The predicted molar refractivity (Wildman–Crippen MR) is 135 cm³/mol. The number of hydrogen-bond acceptors (Lipinski definition) is 5. The van der Waals surface area contributed by atoms with Crippen LogP contribution in [0.2, 0.25) is 5.02 Å². The van der Waals surface area contributed by atoms with Crippen LogP contribution in [0, 0.1) is 0 Å². The van der Waals surface area contributed by atoms with Crippen LogP contribution >= 0.6 is 23.4 Å². The van der Waals surface area contributed by atoms with Crippen molar-refractivity contribution in [1.29, 1.82) is 0 Å². The number of amides is 1. The topological polar surface area (TPSA) is 63.1 Å². The number of thioether (sulfide) groups is 1. The Balaban J connectivity index is 1.44. The standard InChI is InChI=1S/C25H30ClN5OS/c1-30(2)22(18-10-4-3-5-11-18)16-27-23(32)17-33-25-29-28-24(20-14-8-9-15-21(20)26)31(25)19-12-6-7-13-19/h3-5,8-11,14-15,19,22H,6-7,12-13,16-17H2,1-2H3,(H,27,32)/t22-/m0/s1. The number of rotatable bonds is 9. The molecule has 1 amide bonds. The summed E-state index contributed by atoms with van der Waals surface area (Å²) in [6, 6.07) is 18.4. The van der Waals surface area contributed by atoms with Gasteiger partial charge in [-0.05, 0) is 44.6 Å². The average Bonchev–Trinajstić information content (AvgIpc) is 3.48. The van der Waals surface area contributed by atoms with Gasteiger partial charge >= 0.3 is 0 Å². The third-order valence-corrected chi connectivity index (χ3v) is 7.37. The van der Waals surface area contributed by atoms with Gasteiger partial charge in [-0.2, -0.15) is 0 Å². The molecular formula is C25H30ClN5OS. The van der Waals surface area contributed by atoms with E-state index in [1.54, 1.807) is 0 Å². The molecule has 0 spiro atoms. The molecule has 0 unspecified atom stereocenters. The first-order chi connectivity index (χ1) is 16.0. The summed E-state index contributed by atoms with van der Waals surface area (Å²) >= 11 is 7.90. The van der Waals surface area contributed by atoms with Gasteiger partial charge in [0.05, 0.1) is 16.8 Å². The molecule has 0 radical (unpaired) electrons. The van der Waals surface area contributed by atoms with Crippen LogP contribution in [0.5, 0.6) is 0 Å². The molecule has 1 aliphatic carbocycles. The lowest BCUT2D eigenvalue weighted by Crippen LogP contribution is -2.35. The Kier molecular flexibility index (Phi) is 8.06. The molecule has 0 aliphatic heterocycles. The molecule has 0 saturated heterocycles. The highest BCUT2D eigenvalue weighted by Crippen LogP contribution is 2.38. The molecule has 1 N–H and O–H groups in total. The van der Waals surface area contributed by atoms with Crippen molar-refractivity contribution in [3.05, 3.63) is 65.2 Å². The molecule has 2 aromatic carbocycles. The maximum atomic E-state index is 12.7. The van der Waals surface area contributed by atoms with Gasteiger partial charge in [0.2, 0.25) is 5.91 Å². The van der Waals surface area contributed by atoms with Gasteiger partial charge in [0.1, 0.15) is 0 Å². The van der Waals surface area contributed by atoms with Crippen LogP contribution in [0.3, 0.4) is 0 Å².